The first kappa shape index (κ1) is 23.7. The van der Waals surface area contributed by atoms with Crippen molar-refractivity contribution in [3.05, 3.63) is 100 Å². The van der Waals surface area contributed by atoms with Crippen LogP contribution in [0, 0.1) is 25.7 Å². The molecule has 2 bridgehead atoms. The summed E-state index contributed by atoms with van der Waals surface area (Å²) in [5.74, 6) is -1.97. The van der Waals surface area contributed by atoms with Crippen LogP contribution in [-0.4, -0.2) is 28.7 Å². The van der Waals surface area contributed by atoms with Gasteiger partial charge in [-0.25, -0.2) is 0 Å². The van der Waals surface area contributed by atoms with Crippen LogP contribution in [0.1, 0.15) is 71.4 Å². The monoisotopic (exact) mass is 492 g/mol. The Morgan fingerprint density at radius 1 is 0.838 bits per heavy atom. The van der Waals surface area contributed by atoms with E-state index in [1.165, 1.54) is 4.90 Å². The van der Waals surface area contributed by atoms with Gasteiger partial charge in [-0.05, 0) is 59.7 Å². The second-order valence-corrected chi connectivity index (χ2v) is 10.8. The molecule has 0 aromatic heterocycles. The highest BCUT2D eigenvalue weighted by molar-refractivity contribution is 6.11. The Morgan fingerprint density at radius 3 is 1.84 bits per heavy atom. The number of anilines is 1. The van der Waals surface area contributed by atoms with Gasteiger partial charge in [-0.3, -0.25) is 19.3 Å². The minimum atomic E-state index is -0.823. The summed E-state index contributed by atoms with van der Waals surface area (Å²) in [6.45, 7) is 5.98. The van der Waals surface area contributed by atoms with Gasteiger partial charge in [-0.1, -0.05) is 80.4 Å². The largest absolute Gasteiger partial charge is 0.324 e. The fourth-order valence-corrected chi connectivity index (χ4v) is 6.87. The maximum absolute atomic E-state index is 14.2. The van der Waals surface area contributed by atoms with Gasteiger partial charge in [-0.2, -0.15) is 0 Å². The lowest BCUT2D eigenvalue weighted by atomic mass is 9.55. The van der Waals surface area contributed by atoms with E-state index in [-0.39, 0.29) is 29.6 Å². The molecule has 3 aromatic rings. The van der Waals surface area contributed by atoms with Crippen molar-refractivity contribution < 1.29 is 14.4 Å². The molecule has 3 amide bonds. The molecule has 3 aliphatic carbocycles. The number of unbranched alkanes of at least 4 members (excludes halogenated alkanes) is 1. The molecule has 37 heavy (non-hydrogen) atoms. The lowest BCUT2D eigenvalue weighted by Gasteiger charge is -2.45. The van der Waals surface area contributed by atoms with E-state index < -0.39 is 17.9 Å². The predicted octanol–water partition coefficient (Wildman–Crippen LogP) is 5.69. The Labute approximate surface area is 217 Å². The van der Waals surface area contributed by atoms with Crippen LogP contribution >= 0.6 is 0 Å². The van der Waals surface area contributed by atoms with E-state index in [0.717, 1.165) is 51.9 Å². The smallest absolute Gasteiger partial charge is 0.247 e. The molecule has 5 nitrogen and oxygen atoms in total. The van der Waals surface area contributed by atoms with E-state index in [1.54, 1.807) is 0 Å². The molecule has 1 saturated heterocycles. The van der Waals surface area contributed by atoms with Crippen LogP contribution in [0.25, 0.3) is 0 Å². The first-order chi connectivity index (χ1) is 17.9. The molecule has 0 unspecified atom stereocenters. The van der Waals surface area contributed by atoms with Gasteiger partial charge in [0.25, 0.3) is 0 Å². The molecule has 1 aliphatic heterocycles. The normalized spacial score (nSPS) is 23.9. The van der Waals surface area contributed by atoms with E-state index in [9.17, 15) is 14.4 Å². The summed E-state index contributed by atoms with van der Waals surface area (Å²) in [5.41, 5.74) is 7.27. The highest BCUT2D eigenvalue weighted by atomic mass is 16.2. The van der Waals surface area contributed by atoms with Gasteiger partial charge >= 0.3 is 0 Å². The molecule has 0 spiro atoms. The highest BCUT2D eigenvalue weighted by Gasteiger charge is 2.62. The first-order valence-electron chi connectivity index (χ1n) is 13.3. The number of rotatable bonds is 6. The fourth-order valence-electron chi connectivity index (χ4n) is 6.87. The standard InChI is InChI=1S/C32H32N2O3/c1-4-5-14-25(30(35)33-24-17-18(2)15-16-19(24)3)34-31(36)28-26-20-10-6-7-11-21(20)27(29(28)32(34)37)23-13-9-8-12-22(23)26/h6-13,15-17,25-29H,4-5,14H2,1-3H3,(H,33,35)/t25-,26?,27?,28+,29+/m1/s1. The van der Waals surface area contributed by atoms with Crippen LogP contribution < -0.4 is 5.32 Å². The van der Waals surface area contributed by atoms with Gasteiger partial charge in [0.1, 0.15) is 6.04 Å². The molecule has 1 N–H and O–H groups in total. The third kappa shape index (κ3) is 3.55. The zero-order valence-corrected chi connectivity index (χ0v) is 21.5. The van der Waals surface area contributed by atoms with E-state index in [1.807, 2.05) is 56.3 Å². The molecular weight excluding hydrogens is 460 g/mol. The SMILES string of the molecule is CCCC[C@H](C(=O)Nc1cc(C)ccc1C)N1C(=O)[C@H]2C3c4ccccc4C(c4ccccc43)[C@@H]2C1=O. The number of imide groups is 1. The van der Waals surface area contributed by atoms with Gasteiger partial charge in [0.2, 0.25) is 17.7 Å². The van der Waals surface area contributed by atoms with Gasteiger partial charge in [0.05, 0.1) is 11.8 Å². The number of aryl methyl sites for hydroxylation is 2. The van der Waals surface area contributed by atoms with Crippen LogP contribution in [-0.2, 0) is 14.4 Å². The number of likely N-dealkylation sites (tertiary alicyclic amines) is 1. The van der Waals surface area contributed by atoms with Crippen molar-refractivity contribution in [1.82, 2.24) is 4.90 Å². The van der Waals surface area contributed by atoms with Crippen molar-refractivity contribution in [2.24, 2.45) is 11.8 Å². The Bertz CT molecular complexity index is 1310. The summed E-state index contributed by atoms with van der Waals surface area (Å²) >= 11 is 0. The topological polar surface area (TPSA) is 66.5 Å². The number of hydrogen-bond acceptors (Lipinski definition) is 3. The van der Waals surface area contributed by atoms with Crippen LogP contribution in [0.2, 0.25) is 0 Å². The van der Waals surface area contributed by atoms with E-state index in [2.05, 4.69) is 36.5 Å². The molecule has 1 heterocycles. The Hall–Kier alpha value is -3.73. The minimum Gasteiger partial charge on any atom is -0.324 e. The number of carbonyl (C=O) groups is 3. The summed E-state index contributed by atoms with van der Waals surface area (Å²) in [7, 11) is 0. The predicted molar refractivity (Wildman–Crippen MR) is 143 cm³/mol. The number of nitrogens with one attached hydrogen (secondary N) is 1. The van der Waals surface area contributed by atoms with Crippen LogP contribution in [0.3, 0.4) is 0 Å². The van der Waals surface area contributed by atoms with Gasteiger partial charge in [0, 0.05) is 17.5 Å². The lowest BCUT2D eigenvalue weighted by Crippen LogP contribution is -2.48. The number of nitrogens with zero attached hydrogens (tertiary/aromatic N) is 1. The third-order valence-corrected chi connectivity index (χ3v) is 8.58. The summed E-state index contributed by atoms with van der Waals surface area (Å²) in [4.78, 5) is 43.4. The van der Waals surface area contributed by atoms with E-state index in [0.29, 0.717) is 6.42 Å². The average molecular weight is 493 g/mol. The Morgan fingerprint density at radius 2 is 1.35 bits per heavy atom. The zero-order chi connectivity index (χ0) is 25.8. The fraction of sp³-hybridized carbons (Fsp3) is 0.344. The van der Waals surface area contributed by atoms with Gasteiger partial charge in [0.15, 0.2) is 0 Å². The van der Waals surface area contributed by atoms with Gasteiger partial charge < -0.3 is 5.32 Å². The van der Waals surface area contributed by atoms with Crippen molar-refractivity contribution >= 4 is 23.4 Å². The highest BCUT2D eigenvalue weighted by Crippen LogP contribution is 2.61. The second kappa shape index (κ2) is 8.98. The summed E-state index contributed by atoms with van der Waals surface area (Å²) < 4.78 is 0. The third-order valence-electron chi connectivity index (χ3n) is 8.58. The van der Waals surface area contributed by atoms with Crippen molar-refractivity contribution in [2.75, 3.05) is 5.32 Å². The molecule has 1 fully saturated rings. The minimum absolute atomic E-state index is 0.169. The van der Waals surface area contributed by atoms with Crippen molar-refractivity contribution in [3.8, 4) is 0 Å². The van der Waals surface area contributed by atoms with Gasteiger partial charge in [-0.15, -0.1) is 0 Å². The van der Waals surface area contributed by atoms with Crippen LogP contribution in [0.15, 0.2) is 66.7 Å². The Kier molecular flexibility index (Phi) is 5.74. The summed E-state index contributed by atoms with van der Waals surface area (Å²) in [6.07, 6.45) is 2.09. The van der Waals surface area contributed by atoms with Crippen molar-refractivity contribution in [2.45, 2.75) is 57.9 Å². The van der Waals surface area contributed by atoms with E-state index >= 15 is 0 Å². The maximum Gasteiger partial charge on any atom is 0.247 e. The number of carbonyl (C=O) groups excluding carboxylic acids is 3. The number of benzene rings is 3. The van der Waals surface area contributed by atoms with Crippen LogP contribution in [0.5, 0.6) is 0 Å². The maximum atomic E-state index is 14.2. The zero-order valence-electron chi connectivity index (χ0n) is 21.5. The lowest BCUT2D eigenvalue weighted by molar-refractivity contribution is -0.147. The molecule has 0 radical (unpaired) electrons. The Balaban J connectivity index is 1.40. The average Bonchev–Trinajstić information content (AvgIpc) is 3.17. The molecule has 188 valence electrons. The molecule has 3 aromatic carbocycles. The summed E-state index contributed by atoms with van der Waals surface area (Å²) in [6, 6.07) is 21.5. The second-order valence-electron chi connectivity index (χ2n) is 10.8. The molecule has 7 rings (SSSR count). The van der Waals surface area contributed by atoms with Crippen molar-refractivity contribution in [3.63, 3.8) is 0 Å². The molecule has 5 heteroatoms. The molecule has 0 saturated carbocycles. The first-order valence-corrected chi connectivity index (χ1v) is 13.3. The molecule has 4 aliphatic rings. The van der Waals surface area contributed by atoms with Crippen molar-refractivity contribution in [1.29, 1.82) is 0 Å². The molecular formula is C32H32N2O3. The molecule has 3 atom stereocenters. The van der Waals surface area contributed by atoms with E-state index in [4.69, 9.17) is 0 Å². The van der Waals surface area contributed by atoms with Crippen LogP contribution in [0.4, 0.5) is 5.69 Å². The summed E-state index contributed by atoms with van der Waals surface area (Å²) in [5, 5.41) is 3.05. The quantitative estimate of drug-likeness (QED) is 0.450. The number of amides is 3. The number of hydrogen-bond donors (Lipinski definition) is 1.